The van der Waals surface area contributed by atoms with E-state index in [4.69, 9.17) is 5.73 Å². The Morgan fingerprint density at radius 2 is 0.778 bits per heavy atom. The lowest BCUT2D eigenvalue weighted by molar-refractivity contribution is 0.368. The second-order valence-electron chi connectivity index (χ2n) is 7.29. The van der Waals surface area contributed by atoms with Crippen LogP contribution >= 0.6 is 7.26 Å². The predicted molar refractivity (Wildman–Crippen MR) is 120 cm³/mol. The van der Waals surface area contributed by atoms with E-state index in [1.54, 1.807) is 24.6 Å². The molecular weight excluding hydrogens is 372 g/mol. The lowest BCUT2D eigenvalue weighted by Crippen LogP contribution is -2.12. The Morgan fingerprint density at radius 3 is 0.889 bits per heavy atom. The number of unbranched alkanes of at least 4 members (excludes halogenated alkanes) is 5. The Hall–Kier alpha value is 0.175. The van der Waals surface area contributed by atoms with Crippen molar-refractivity contribution in [3.8, 4) is 0 Å². The van der Waals surface area contributed by atoms with Crippen LogP contribution in [0, 0.1) is 0 Å². The molecule has 0 atom stereocenters. The third-order valence-corrected chi connectivity index (χ3v) is 9.56. The Kier molecular flexibility index (Phi) is 26.5. The highest BCUT2D eigenvalue weighted by atomic mass is 31.2. The zero-order chi connectivity index (χ0) is 21.6. The molecule has 0 heterocycles. The topological polar surface area (TPSA) is 26.0 Å². The van der Waals surface area contributed by atoms with Gasteiger partial charge in [-0.2, -0.15) is 0 Å². The molecule has 0 saturated heterocycles. The van der Waals surface area contributed by atoms with Crippen LogP contribution in [0.1, 0.15) is 98.8 Å². The molecule has 7 heteroatoms. The van der Waals surface area contributed by atoms with Crippen LogP contribution in [0.5, 0.6) is 0 Å². The molecule has 168 valence electrons. The highest BCUT2D eigenvalue weighted by Gasteiger charge is 2.34. The van der Waals surface area contributed by atoms with E-state index in [2.05, 4.69) is 34.6 Å². The second kappa shape index (κ2) is 22.5. The minimum absolute atomic E-state index is 0.562. The van der Waals surface area contributed by atoms with Crippen LogP contribution in [-0.2, 0) is 0 Å². The van der Waals surface area contributed by atoms with E-state index >= 15 is 0 Å². The molecular formula is C20H47BF4NP. The summed E-state index contributed by atoms with van der Waals surface area (Å²) in [4.78, 5) is 0. The summed E-state index contributed by atoms with van der Waals surface area (Å²) < 4.78 is 39.0. The van der Waals surface area contributed by atoms with E-state index in [0.29, 0.717) is 0 Å². The maximum absolute atomic E-state index is 9.75. The van der Waals surface area contributed by atoms with E-state index < -0.39 is 14.5 Å². The number of nitrogens with two attached hydrogens (primary N) is 1. The minimum atomic E-state index is -6.00. The van der Waals surface area contributed by atoms with Gasteiger partial charge in [0.05, 0.1) is 24.6 Å². The summed E-state index contributed by atoms with van der Waals surface area (Å²) in [6.07, 6.45) is 20.3. The van der Waals surface area contributed by atoms with Gasteiger partial charge in [-0.1, -0.05) is 66.7 Å². The molecule has 2 N–H and O–H groups in total. The standard InChI is InChI=1S/C16H36P.C4H11N.BF4/c1-5-9-13-17(14-10-6-2,15-11-7-3)16-12-8-4;1-2-3-4-5;2-1(3,4)5/h5-16H2,1-4H3;2-5H2,1H3;/q+1;;-1. The summed E-state index contributed by atoms with van der Waals surface area (Å²) in [6.45, 7) is 12.4. The Labute approximate surface area is 168 Å². The monoisotopic (exact) mass is 419 g/mol. The molecule has 0 aliphatic carbocycles. The maximum atomic E-state index is 9.75. The molecule has 27 heavy (non-hydrogen) atoms. The molecule has 0 amide bonds. The Balaban J connectivity index is -0.000000471. The van der Waals surface area contributed by atoms with Gasteiger partial charge in [-0.05, 0) is 38.6 Å². The van der Waals surface area contributed by atoms with Gasteiger partial charge in [-0.25, -0.2) is 0 Å². The van der Waals surface area contributed by atoms with Gasteiger partial charge in [0.15, 0.2) is 0 Å². The highest BCUT2D eigenvalue weighted by Crippen LogP contribution is 2.61. The van der Waals surface area contributed by atoms with Gasteiger partial charge < -0.3 is 23.0 Å². The summed E-state index contributed by atoms with van der Waals surface area (Å²) in [5.74, 6) is 0. The van der Waals surface area contributed by atoms with Gasteiger partial charge in [0.1, 0.15) is 0 Å². The van der Waals surface area contributed by atoms with Gasteiger partial charge in [-0.15, -0.1) is 0 Å². The third-order valence-electron chi connectivity index (χ3n) is 4.50. The predicted octanol–water partition coefficient (Wildman–Crippen LogP) is 8.25. The molecule has 0 aromatic rings. The van der Waals surface area contributed by atoms with Crippen molar-refractivity contribution in [1.82, 2.24) is 0 Å². The summed E-state index contributed by atoms with van der Waals surface area (Å²) in [5.41, 5.74) is 5.14. The first kappa shape index (κ1) is 31.9. The number of halogens is 4. The molecule has 0 aromatic carbocycles. The van der Waals surface area contributed by atoms with Gasteiger partial charge >= 0.3 is 7.25 Å². The fraction of sp³-hybridized carbons (Fsp3) is 1.00. The lowest BCUT2D eigenvalue weighted by Gasteiger charge is -2.28. The van der Waals surface area contributed by atoms with Crippen LogP contribution in [0.2, 0.25) is 0 Å². The van der Waals surface area contributed by atoms with Crippen molar-refractivity contribution in [3.05, 3.63) is 0 Å². The summed E-state index contributed by atoms with van der Waals surface area (Å²) in [7, 11) is -6.56. The van der Waals surface area contributed by atoms with Gasteiger partial charge in [0, 0.05) is 7.26 Å². The van der Waals surface area contributed by atoms with Crippen molar-refractivity contribution >= 4 is 14.5 Å². The van der Waals surface area contributed by atoms with Crippen LogP contribution in [0.25, 0.3) is 0 Å². The maximum Gasteiger partial charge on any atom is 0.673 e. The molecule has 0 radical (unpaired) electrons. The van der Waals surface area contributed by atoms with Crippen molar-refractivity contribution in [3.63, 3.8) is 0 Å². The Bertz CT molecular complexity index is 234. The molecule has 0 aromatic heterocycles. The van der Waals surface area contributed by atoms with E-state index in [-0.39, 0.29) is 0 Å². The Morgan fingerprint density at radius 1 is 0.556 bits per heavy atom. The zero-order valence-electron chi connectivity index (χ0n) is 18.7. The molecule has 0 bridgehead atoms. The van der Waals surface area contributed by atoms with E-state index in [0.717, 1.165) is 6.54 Å². The minimum Gasteiger partial charge on any atom is -0.418 e. The van der Waals surface area contributed by atoms with Crippen molar-refractivity contribution < 1.29 is 17.3 Å². The first-order chi connectivity index (χ1) is 12.7. The van der Waals surface area contributed by atoms with Gasteiger partial charge in [-0.3, -0.25) is 0 Å². The molecule has 0 spiro atoms. The smallest absolute Gasteiger partial charge is 0.418 e. The third kappa shape index (κ3) is 31.1. The SMILES string of the molecule is CCCCN.CCCC[P+](CCCC)(CCCC)CCCC.F[B-](F)(F)F. The van der Waals surface area contributed by atoms with Crippen molar-refractivity contribution in [2.24, 2.45) is 5.73 Å². The summed E-state index contributed by atoms with van der Waals surface area (Å²) >= 11 is 0. The summed E-state index contributed by atoms with van der Waals surface area (Å²) in [6, 6.07) is 0. The fourth-order valence-corrected chi connectivity index (χ4v) is 8.14. The average Bonchev–Trinajstić information content (AvgIpc) is 2.60. The van der Waals surface area contributed by atoms with Crippen LogP contribution in [0.3, 0.4) is 0 Å². The molecule has 0 fully saturated rings. The molecule has 0 aliphatic rings. The molecule has 1 nitrogen and oxygen atoms in total. The van der Waals surface area contributed by atoms with E-state index in [9.17, 15) is 17.3 Å². The normalized spacial score (nSPS) is 11.3. The van der Waals surface area contributed by atoms with Crippen LogP contribution in [-0.4, -0.2) is 38.4 Å². The lowest BCUT2D eigenvalue weighted by atomic mass is 10.3. The van der Waals surface area contributed by atoms with Gasteiger partial charge in [0.2, 0.25) is 0 Å². The fourth-order valence-electron chi connectivity index (χ4n) is 2.85. The number of hydrogen-bond donors (Lipinski definition) is 1. The first-order valence-electron chi connectivity index (χ1n) is 11.1. The van der Waals surface area contributed by atoms with Crippen molar-refractivity contribution in [2.45, 2.75) is 98.8 Å². The molecule has 0 aliphatic heterocycles. The first-order valence-corrected chi connectivity index (χ1v) is 13.6. The van der Waals surface area contributed by atoms with Crippen LogP contribution in [0.4, 0.5) is 17.3 Å². The van der Waals surface area contributed by atoms with E-state index in [1.165, 1.54) is 64.2 Å². The molecule has 0 saturated carbocycles. The van der Waals surface area contributed by atoms with Gasteiger partial charge in [0.25, 0.3) is 0 Å². The van der Waals surface area contributed by atoms with Crippen molar-refractivity contribution in [1.29, 1.82) is 0 Å². The largest absolute Gasteiger partial charge is 0.673 e. The van der Waals surface area contributed by atoms with Crippen LogP contribution in [0.15, 0.2) is 0 Å². The molecule has 0 rings (SSSR count). The molecule has 0 unspecified atom stereocenters. The van der Waals surface area contributed by atoms with E-state index in [1.807, 2.05) is 0 Å². The average molecular weight is 419 g/mol. The quantitative estimate of drug-likeness (QED) is 0.171. The summed E-state index contributed by atoms with van der Waals surface area (Å²) in [5, 5.41) is 0. The highest BCUT2D eigenvalue weighted by molar-refractivity contribution is 7.75. The van der Waals surface area contributed by atoms with Crippen LogP contribution < -0.4 is 5.73 Å². The van der Waals surface area contributed by atoms with Crippen molar-refractivity contribution in [2.75, 3.05) is 31.2 Å². The second-order valence-corrected chi connectivity index (χ2v) is 11.8. The number of rotatable bonds is 14. The number of hydrogen-bond acceptors (Lipinski definition) is 1. The zero-order valence-corrected chi connectivity index (χ0v) is 19.6.